The molecule has 0 aliphatic heterocycles. The number of hydrogen-bond donors (Lipinski definition) is 1. The van der Waals surface area contributed by atoms with Gasteiger partial charge in [0.2, 0.25) is 0 Å². The van der Waals surface area contributed by atoms with Crippen LogP contribution in [0.25, 0.3) is 0 Å². The van der Waals surface area contributed by atoms with Crippen molar-refractivity contribution >= 4 is 14.3 Å². The minimum atomic E-state index is -2.03. The number of hydrogen-bond acceptors (Lipinski definition) is 4. The van der Waals surface area contributed by atoms with Crippen molar-refractivity contribution in [2.45, 2.75) is 78.3 Å². The van der Waals surface area contributed by atoms with E-state index < -0.39 is 14.4 Å². The lowest BCUT2D eigenvalue weighted by Gasteiger charge is -2.42. The quantitative estimate of drug-likeness (QED) is 0.207. The van der Waals surface area contributed by atoms with E-state index in [1.165, 1.54) is 6.08 Å². The SMILES string of the molecule is CCOC(=O)/C=C/C(C)=C/C[C@H](O)[C@@H](C)[C@H](O[Si](C)(C)C(C)(C)C)c1ccccc1. The Morgan fingerprint density at radius 1 is 1.17 bits per heavy atom. The Hall–Kier alpha value is -1.69. The Morgan fingerprint density at radius 3 is 2.30 bits per heavy atom. The molecule has 3 atom stereocenters. The van der Waals surface area contributed by atoms with Crippen molar-refractivity contribution in [2.75, 3.05) is 6.61 Å². The molecule has 0 unspecified atom stereocenters. The summed E-state index contributed by atoms with van der Waals surface area (Å²) in [5, 5.41) is 11.0. The van der Waals surface area contributed by atoms with Crippen LogP contribution >= 0.6 is 0 Å². The summed E-state index contributed by atoms with van der Waals surface area (Å²) in [6, 6.07) is 10.2. The van der Waals surface area contributed by atoms with Crippen LogP contribution in [0.15, 0.2) is 54.1 Å². The normalized spacial score (nSPS) is 16.4. The molecule has 1 N–H and O–H groups in total. The van der Waals surface area contributed by atoms with Crippen LogP contribution in [0.4, 0.5) is 0 Å². The molecule has 5 heteroatoms. The minimum absolute atomic E-state index is 0.0824. The van der Waals surface area contributed by atoms with E-state index in [1.807, 2.05) is 38.1 Å². The largest absolute Gasteiger partial charge is 0.463 e. The zero-order chi connectivity index (χ0) is 22.9. The number of benzene rings is 1. The number of esters is 1. The van der Waals surface area contributed by atoms with E-state index in [4.69, 9.17) is 9.16 Å². The number of ether oxygens (including phenoxy) is 1. The molecule has 0 saturated carbocycles. The first-order chi connectivity index (χ1) is 13.9. The molecule has 0 fully saturated rings. The Balaban J connectivity index is 2.97. The maximum absolute atomic E-state index is 11.5. The molecule has 0 radical (unpaired) electrons. The van der Waals surface area contributed by atoms with Crippen LogP contribution in [-0.4, -0.2) is 32.1 Å². The third kappa shape index (κ3) is 8.21. The van der Waals surface area contributed by atoms with Crippen molar-refractivity contribution in [2.24, 2.45) is 5.92 Å². The molecule has 0 heterocycles. The lowest BCUT2D eigenvalue weighted by atomic mass is 9.90. The van der Waals surface area contributed by atoms with Crippen LogP contribution in [0.1, 0.15) is 59.6 Å². The molecule has 0 aliphatic rings. The standard InChI is InChI=1S/C25H40O4Si/c1-9-28-23(27)18-16-19(2)15-17-22(26)20(3)24(21-13-11-10-12-14-21)29-30(7,8)25(4,5)6/h10-16,18,20,22,24,26H,9,17H2,1-8H3/b18-16+,19-15+/t20-,22+,24+/m1/s1. The number of aliphatic hydroxyl groups excluding tert-OH is 1. The van der Waals surface area contributed by atoms with Crippen LogP contribution in [0.2, 0.25) is 18.1 Å². The summed E-state index contributed by atoms with van der Waals surface area (Å²) < 4.78 is 11.7. The molecule has 4 nitrogen and oxygen atoms in total. The number of allylic oxidation sites excluding steroid dienone is 2. The topological polar surface area (TPSA) is 55.8 Å². The highest BCUT2D eigenvalue weighted by Gasteiger charge is 2.41. The van der Waals surface area contributed by atoms with E-state index in [-0.39, 0.29) is 23.0 Å². The Labute approximate surface area is 184 Å². The summed E-state index contributed by atoms with van der Waals surface area (Å²) >= 11 is 0. The van der Waals surface area contributed by atoms with Gasteiger partial charge < -0.3 is 14.3 Å². The molecule has 0 bridgehead atoms. The first-order valence-corrected chi connectivity index (χ1v) is 13.7. The second-order valence-electron chi connectivity index (χ2n) is 9.41. The van der Waals surface area contributed by atoms with Gasteiger partial charge in [0.15, 0.2) is 8.32 Å². The van der Waals surface area contributed by atoms with E-state index in [0.29, 0.717) is 13.0 Å². The van der Waals surface area contributed by atoms with Crippen molar-refractivity contribution < 1.29 is 19.1 Å². The molecule has 0 aliphatic carbocycles. The maximum atomic E-state index is 11.5. The third-order valence-corrected chi connectivity index (χ3v) is 10.3. The highest BCUT2D eigenvalue weighted by molar-refractivity contribution is 6.74. The third-order valence-electron chi connectivity index (χ3n) is 5.89. The maximum Gasteiger partial charge on any atom is 0.330 e. The van der Waals surface area contributed by atoms with Gasteiger partial charge in [-0.2, -0.15) is 0 Å². The summed E-state index contributed by atoms with van der Waals surface area (Å²) in [7, 11) is -2.03. The minimum Gasteiger partial charge on any atom is -0.463 e. The highest BCUT2D eigenvalue weighted by atomic mass is 28.4. The lowest BCUT2D eigenvalue weighted by Crippen LogP contribution is -2.44. The van der Waals surface area contributed by atoms with Crippen molar-refractivity contribution in [3.05, 3.63) is 59.7 Å². The summed E-state index contributed by atoms with van der Waals surface area (Å²) in [6.45, 7) is 17.3. The smallest absolute Gasteiger partial charge is 0.330 e. The molecule has 30 heavy (non-hydrogen) atoms. The Morgan fingerprint density at radius 2 is 1.77 bits per heavy atom. The van der Waals surface area contributed by atoms with Crippen molar-refractivity contribution in [1.29, 1.82) is 0 Å². The Bertz CT molecular complexity index is 716. The van der Waals surface area contributed by atoms with Gasteiger partial charge in [0.25, 0.3) is 0 Å². The summed E-state index contributed by atoms with van der Waals surface area (Å²) in [4.78, 5) is 11.5. The van der Waals surface area contributed by atoms with E-state index in [1.54, 1.807) is 13.0 Å². The van der Waals surface area contributed by atoms with Crippen LogP contribution in [-0.2, 0) is 14.0 Å². The van der Waals surface area contributed by atoms with Crippen molar-refractivity contribution in [3.8, 4) is 0 Å². The molecule has 0 aromatic heterocycles. The molecule has 1 rings (SSSR count). The number of carbonyl (C=O) groups is 1. The first kappa shape index (κ1) is 26.3. The summed E-state index contributed by atoms with van der Waals surface area (Å²) in [6.07, 6.45) is 4.83. The van der Waals surface area contributed by atoms with Gasteiger partial charge >= 0.3 is 5.97 Å². The molecule has 0 spiro atoms. The fourth-order valence-electron chi connectivity index (χ4n) is 2.80. The van der Waals surface area contributed by atoms with Gasteiger partial charge in [-0.3, -0.25) is 0 Å². The monoisotopic (exact) mass is 432 g/mol. The molecule has 168 valence electrons. The van der Waals surface area contributed by atoms with Crippen molar-refractivity contribution in [3.63, 3.8) is 0 Å². The molecule has 1 aromatic carbocycles. The van der Waals surface area contributed by atoms with E-state index >= 15 is 0 Å². The first-order valence-electron chi connectivity index (χ1n) is 10.8. The second kappa shape index (κ2) is 11.6. The number of aliphatic hydroxyl groups is 1. The number of rotatable bonds is 10. The number of carbonyl (C=O) groups excluding carboxylic acids is 1. The van der Waals surface area contributed by atoms with Gasteiger partial charge in [-0.15, -0.1) is 0 Å². The predicted octanol–water partition coefficient (Wildman–Crippen LogP) is 6.20. The fourth-order valence-corrected chi connectivity index (χ4v) is 4.14. The Kier molecular flexibility index (Phi) is 10.2. The summed E-state index contributed by atoms with van der Waals surface area (Å²) in [5.74, 6) is -0.439. The van der Waals surface area contributed by atoms with Gasteiger partial charge in [-0.25, -0.2) is 4.79 Å². The van der Waals surface area contributed by atoms with Gasteiger partial charge in [0.05, 0.1) is 18.8 Å². The van der Waals surface area contributed by atoms with Crippen molar-refractivity contribution in [1.82, 2.24) is 0 Å². The lowest BCUT2D eigenvalue weighted by molar-refractivity contribution is -0.137. The van der Waals surface area contributed by atoms with Gasteiger partial charge in [0, 0.05) is 12.0 Å². The van der Waals surface area contributed by atoms with E-state index in [0.717, 1.165) is 11.1 Å². The van der Waals surface area contributed by atoms with Gasteiger partial charge in [-0.05, 0) is 44.0 Å². The van der Waals surface area contributed by atoms with Crippen LogP contribution in [0.5, 0.6) is 0 Å². The molecule has 0 saturated heterocycles. The zero-order valence-corrected chi connectivity index (χ0v) is 20.9. The molecule has 1 aromatic rings. The average Bonchev–Trinajstić information content (AvgIpc) is 2.68. The van der Waals surface area contributed by atoms with E-state index in [9.17, 15) is 9.90 Å². The van der Waals surface area contributed by atoms with Gasteiger partial charge in [0.1, 0.15) is 0 Å². The predicted molar refractivity (Wildman–Crippen MR) is 127 cm³/mol. The highest BCUT2D eigenvalue weighted by Crippen LogP contribution is 2.42. The molecular formula is C25H40O4Si. The molecule has 0 amide bonds. The average molecular weight is 433 g/mol. The van der Waals surface area contributed by atoms with Crippen LogP contribution < -0.4 is 0 Å². The second-order valence-corrected chi connectivity index (χ2v) is 14.2. The van der Waals surface area contributed by atoms with Crippen LogP contribution in [0, 0.1) is 5.92 Å². The summed E-state index contributed by atoms with van der Waals surface area (Å²) in [5.41, 5.74) is 2.01. The van der Waals surface area contributed by atoms with Crippen LogP contribution in [0.3, 0.4) is 0 Å². The van der Waals surface area contributed by atoms with Gasteiger partial charge in [-0.1, -0.05) is 75.8 Å². The van der Waals surface area contributed by atoms with E-state index in [2.05, 4.69) is 46.0 Å². The zero-order valence-electron chi connectivity index (χ0n) is 19.9. The fraction of sp³-hybridized carbons (Fsp3) is 0.560. The molecular weight excluding hydrogens is 392 g/mol.